The van der Waals surface area contributed by atoms with Crippen LogP contribution < -0.4 is 14.2 Å². The minimum Gasteiger partial charge on any atom is -0.496 e. The van der Waals surface area contributed by atoms with Gasteiger partial charge < -0.3 is 19.3 Å². The molecule has 3 aromatic rings. The SMILES string of the molecule is COc1c(C)c(C(CCCCC(=O)O)c2ccc(OC(C)=O)cc2)c(OC)c2ccccc12. The number of benzene rings is 3. The van der Waals surface area contributed by atoms with Gasteiger partial charge in [0.25, 0.3) is 0 Å². The van der Waals surface area contributed by atoms with Gasteiger partial charge in [0.1, 0.15) is 17.2 Å². The third kappa shape index (κ3) is 5.45. The van der Waals surface area contributed by atoms with E-state index in [1.165, 1.54) is 6.92 Å². The highest BCUT2D eigenvalue weighted by atomic mass is 16.5. The van der Waals surface area contributed by atoms with Crippen LogP contribution in [0.5, 0.6) is 17.2 Å². The van der Waals surface area contributed by atoms with Crippen molar-refractivity contribution >= 4 is 22.7 Å². The lowest BCUT2D eigenvalue weighted by molar-refractivity contribution is -0.137. The normalized spacial score (nSPS) is 11.8. The molecule has 0 bridgehead atoms. The smallest absolute Gasteiger partial charge is 0.308 e. The van der Waals surface area contributed by atoms with E-state index in [2.05, 4.69) is 0 Å². The van der Waals surface area contributed by atoms with E-state index in [0.717, 1.165) is 51.8 Å². The Balaban J connectivity index is 2.14. The van der Waals surface area contributed by atoms with E-state index in [0.29, 0.717) is 12.2 Å². The first-order chi connectivity index (χ1) is 15.9. The van der Waals surface area contributed by atoms with Gasteiger partial charge in [0.2, 0.25) is 0 Å². The van der Waals surface area contributed by atoms with Crippen molar-refractivity contribution in [2.45, 2.75) is 45.4 Å². The Morgan fingerprint density at radius 1 is 0.909 bits per heavy atom. The summed E-state index contributed by atoms with van der Waals surface area (Å²) in [4.78, 5) is 22.3. The zero-order valence-corrected chi connectivity index (χ0v) is 19.5. The number of unbranched alkanes of at least 4 members (excludes halogenated alkanes) is 1. The average molecular weight is 451 g/mol. The van der Waals surface area contributed by atoms with E-state index >= 15 is 0 Å². The second-order valence-electron chi connectivity index (χ2n) is 8.01. The number of carbonyl (C=O) groups is 2. The standard InChI is InChI=1S/C27H30O6/c1-17-25(27(32-4)23-11-6-5-10-22(23)26(17)31-3)21(9-7-8-12-24(29)30)19-13-15-20(16-14-19)33-18(2)28/h5-6,10-11,13-16,21H,7-9,12H2,1-4H3,(H,29,30). The molecule has 0 aliphatic rings. The zero-order valence-electron chi connectivity index (χ0n) is 19.5. The zero-order chi connectivity index (χ0) is 24.0. The summed E-state index contributed by atoms with van der Waals surface area (Å²) in [5.74, 6) is 0.849. The summed E-state index contributed by atoms with van der Waals surface area (Å²) < 4.78 is 17.0. The van der Waals surface area contributed by atoms with Gasteiger partial charge in [-0.2, -0.15) is 0 Å². The molecule has 0 saturated carbocycles. The molecule has 1 unspecified atom stereocenters. The van der Waals surface area contributed by atoms with Gasteiger partial charge in [0, 0.05) is 35.6 Å². The number of esters is 1. The molecular weight excluding hydrogens is 420 g/mol. The average Bonchev–Trinajstić information content (AvgIpc) is 2.79. The summed E-state index contributed by atoms with van der Waals surface area (Å²) in [6.07, 6.45) is 2.19. The molecule has 3 rings (SSSR count). The van der Waals surface area contributed by atoms with Gasteiger partial charge in [-0.15, -0.1) is 0 Å². The lowest BCUT2D eigenvalue weighted by Crippen LogP contribution is -2.09. The van der Waals surface area contributed by atoms with Gasteiger partial charge in [0.15, 0.2) is 0 Å². The number of rotatable bonds is 10. The van der Waals surface area contributed by atoms with Crippen molar-refractivity contribution in [3.05, 3.63) is 65.2 Å². The van der Waals surface area contributed by atoms with Crippen molar-refractivity contribution in [3.8, 4) is 17.2 Å². The van der Waals surface area contributed by atoms with Gasteiger partial charge in [-0.25, -0.2) is 0 Å². The van der Waals surface area contributed by atoms with E-state index in [1.54, 1.807) is 26.4 Å². The van der Waals surface area contributed by atoms with Crippen molar-refractivity contribution in [2.75, 3.05) is 14.2 Å². The van der Waals surface area contributed by atoms with Crippen molar-refractivity contribution in [2.24, 2.45) is 0 Å². The Kier molecular flexibility index (Phi) is 7.93. The summed E-state index contributed by atoms with van der Waals surface area (Å²) in [5, 5.41) is 11.0. The fraction of sp³-hybridized carbons (Fsp3) is 0.333. The van der Waals surface area contributed by atoms with Gasteiger partial charge in [-0.05, 0) is 43.0 Å². The van der Waals surface area contributed by atoms with Crippen LogP contribution in [0.4, 0.5) is 0 Å². The molecule has 6 heteroatoms. The number of hydrogen-bond donors (Lipinski definition) is 1. The van der Waals surface area contributed by atoms with E-state index < -0.39 is 5.97 Å². The lowest BCUT2D eigenvalue weighted by Gasteiger charge is -2.26. The minimum absolute atomic E-state index is 0.0568. The molecule has 0 fully saturated rings. The predicted octanol–water partition coefficient (Wildman–Crippen LogP) is 5.87. The molecular formula is C27H30O6. The Bertz CT molecular complexity index is 1130. The molecule has 0 saturated heterocycles. The Labute approximate surface area is 194 Å². The third-order valence-electron chi connectivity index (χ3n) is 5.84. The first kappa shape index (κ1) is 24.1. The van der Waals surface area contributed by atoms with Crippen molar-refractivity contribution in [1.29, 1.82) is 0 Å². The van der Waals surface area contributed by atoms with Crippen LogP contribution in [0, 0.1) is 6.92 Å². The van der Waals surface area contributed by atoms with E-state index in [1.807, 2.05) is 43.3 Å². The Morgan fingerprint density at radius 3 is 2.06 bits per heavy atom. The van der Waals surface area contributed by atoms with E-state index in [-0.39, 0.29) is 18.3 Å². The second kappa shape index (κ2) is 10.9. The van der Waals surface area contributed by atoms with Crippen molar-refractivity contribution < 1.29 is 28.9 Å². The number of aliphatic carboxylic acids is 1. The molecule has 0 aliphatic carbocycles. The lowest BCUT2D eigenvalue weighted by atomic mass is 9.82. The van der Waals surface area contributed by atoms with Crippen LogP contribution >= 0.6 is 0 Å². The Hall–Kier alpha value is -3.54. The highest BCUT2D eigenvalue weighted by Crippen LogP contribution is 2.47. The number of carboxylic acids is 1. The van der Waals surface area contributed by atoms with Crippen LogP contribution in [-0.4, -0.2) is 31.3 Å². The predicted molar refractivity (Wildman–Crippen MR) is 127 cm³/mol. The molecule has 1 atom stereocenters. The van der Waals surface area contributed by atoms with Crippen LogP contribution in [0.3, 0.4) is 0 Å². The maximum atomic E-state index is 11.3. The van der Waals surface area contributed by atoms with Crippen molar-refractivity contribution in [1.82, 2.24) is 0 Å². The van der Waals surface area contributed by atoms with Crippen LogP contribution in [-0.2, 0) is 9.59 Å². The largest absolute Gasteiger partial charge is 0.496 e. The van der Waals surface area contributed by atoms with Gasteiger partial charge in [0.05, 0.1) is 14.2 Å². The number of methoxy groups -OCH3 is 2. The molecule has 0 spiro atoms. The summed E-state index contributed by atoms with van der Waals surface area (Å²) in [6, 6.07) is 15.4. The topological polar surface area (TPSA) is 82.1 Å². The molecule has 0 heterocycles. The molecule has 3 aromatic carbocycles. The molecule has 0 aromatic heterocycles. The maximum Gasteiger partial charge on any atom is 0.308 e. The highest BCUT2D eigenvalue weighted by molar-refractivity contribution is 5.96. The minimum atomic E-state index is -0.793. The summed E-state index contributed by atoms with van der Waals surface area (Å²) in [6.45, 7) is 3.40. The van der Waals surface area contributed by atoms with Gasteiger partial charge in [-0.1, -0.05) is 42.8 Å². The quantitative estimate of drug-likeness (QED) is 0.236. The second-order valence-corrected chi connectivity index (χ2v) is 8.01. The van der Waals surface area contributed by atoms with Crippen LogP contribution in [0.15, 0.2) is 48.5 Å². The maximum absolute atomic E-state index is 11.3. The first-order valence-corrected chi connectivity index (χ1v) is 11.0. The highest BCUT2D eigenvalue weighted by Gasteiger charge is 2.26. The van der Waals surface area contributed by atoms with Gasteiger partial charge in [-0.3, -0.25) is 9.59 Å². The third-order valence-corrected chi connectivity index (χ3v) is 5.84. The van der Waals surface area contributed by atoms with Crippen LogP contribution in [0.1, 0.15) is 55.2 Å². The van der Waals surface area contributed by atoms with Crippen LogP contribution in [0.2, 0.25) is 0 Å². The Morgan fingerprint density at radius 2 is 1.52 bits per heavy atom. The van der Waals surface area contributed by atoms with E-state index in [4.69, 9.17) is 19.3 Å². The first-order valence-electron chi connectivity index (χ1n) is 11.0. The molecule has 0 amide bonds. The summed E-state index contributed by atoms with van der Waals surface area (Å²) in [7, 11) is 3.34. The number of carbonyl (C=O) groups excluding carboxylic acids is 1. The van der Waals surface area contributed by atoms with E-state index in [9.17, 15) is 9.59 Å². The summed E-state index contributed by atoms with van der Waals surface area (Å²) in [5.41, 5.74) is 3.03. The molecule has 33 heavy (non-hydrogen) atoms. The summed E-state index contributed by atoms with van der Waals surface area (Å²) >= 11 is 0. The fourth-order valence-corrected chi connectivity index (χ4v) is 4.46. The number of ether oxygens (including phenoxy) is 3. The molecule has 0 aliphatic heterocycles. The van der Waals surface area contributed by atoms with Crippen LogP contribution in [0.25, 0.3) is 10.8 Å². The van der Waals surface area contributed by atoms with Gasteiger partial charge >= 0.3 is 11.9 Å². The number of fused-ring (bicyclic) bond motifs is 1. The van der Waals surface area contributed by atoms with Crippen molar-refractivity contribution in [3.63, 3.8) is 0 Å². The number of carboxylic acid groups (broad SMARTS) is 1. The number of hydrogen-bond acceptors (Lipinski definition) is 5. The molecule has 174 valence electrons. The monoisotopic (exact) mass is 450 g/mol. The molecule has 0 radical (unpaired) electrons. The molecule has 1 N–H and O–H groups in total. The fourth-order valence-electron chi connectivity index (χ4n) is 4.46. The molecule has 6 nitrogen and oxygen atoms in total.